The number of rotatable bonds is 3. The molecule has 5 nitrogen and oxygen atoms in total. The van der Waals surface area contributed by atoms with Gasteiger partial charge in [-0.2, -0.15) is 4.31 Å². The molecular weight excluding hydrogens is 310 g/mol. The zero-order valence-electron chi connectivity index (χ0n) is 11.0. The van der Waals surface area contributed by atoms with E-state index in [0.29, 0.717) is 13.0 Å². The summed E-state index contributed by atoms with van der Waals surface area (Å²) in [7, 11) is -3.77. The first-order valence-corrected chi connectivity index (χ1v) is 8.70. The first-order chi connectivity index (χ1) is 10.00. The molecule has 0 aliphatic carbocycles. The van der Waals surface area contributed by atoms with Crippen molar-refractivity contribution in [2.45, 2.75) is 17.9 Å². The van der Waals surface area contributed by atoms with Crippen LogP contribution in [-0.4, -0.2) is 30.3 Å². The minimum absolute atomic E-state index is 0.112. The van der Waals surface area contributed by atoms with Gasteiger partial charge in [0, 0.05) is 13.1 Å². The van der Waals surface area contributed by atoms with E-state index in [1.807, 2.05) is 24.3 Å². The number of benzene rings is 1. The maximum Gasteiger partial charge on any atom is 0.347 e. The Kier molecular flexibility index (Phi) is 3.56. The van der Waals surface area contributed by atoms with Crippen LogP contribution in [0.4, 0.5) is 0 Å². The van der Waals surface area contributed by atoms with E-state index in [1.165, 1.54) is 15.8 Å². The fourth-order valence-electron chi connectivity index (χ4n) is 2.47. The van der Waals surface area contributed by atoms with Gasteiger partial charge < -0.3 is 5.11 Å². The fourth-order valence-corrected chi connectivity index (χ4v) is 5.12. The second-order valence-electron chi connectivity index (χ2n) is 4.78. The molecule has 21 heavy (non-hydrogen) atoms. The molecule has 3 rings (SSSR count). The normalized spacial score (nSPS) is 15.6. The molecule has 0 fully saturated rings. The quantitative estimate of drug-likeness (QED) is 0.939. The Morgan fingerprint density at radius 1 is 1.19 bits per heavy atom. The van der Waals surface area contributed by atoms with Gasteiger partial charge in [-0.1, -0.05) is 24.3 Å². The molecule has 1 aromatic heterocycles. The van der Waals surface area contributed by atoms with Crippen molar-refractivity contribution in [2.75, 3.05) is 6.54 Å². The summed E-state index contributed by atoms with van der Waals surface area (Å²) in [5.41, 5.74) is 2.12. The lowest BCUT2D eigenvalue weighted by Gasteiger charge is -2.27. The molecule has 1 N–H and O–H groups in total. The number of carboxylic acids is 1. The second-order valence-corrected chi connectivity index (χ2v) is 7.60. The number of carboxylic acid groups (broad SMARTS) is 1. The molecule has 2 heterocycles. The van der Waals surface area contributed by atoms with Crippen LogP contribution in [0.5, 0.6) is 0 Å². The standard InChI is InChI=1S/C14H13NO4S2/c16-14(17)13-12(6-8-20-13)21(18,19)15-7-5-10-3-1-2-4-11(10)9-15/h1-4,6,8H,5,7,9H2,(H,16,17). The van der Waals surface area contributed by atoms with Crippen molar-refractivity contribution < 1.29 is 18.3 Å². The summed E-state index contributed by atoms with van der Waals surface area (Å²) in [6, 6.07) is 9.08. The monoisotopic (exact) mass is 323 g/mol. The third kappa shape index (κ3) is 2.48. The van der Waals surface area contributed by atoms with Crippen molar-refractivity contribution >= 4 is 27.3 Å². The van der Waals surface area contributed by atoms with E-state index >= 15 is 0 Å². The molecule has 1 aliphatic heterocycles. The Morgan fingerprint density at radius 3 is 2.62 bits per heavy atom. The first-order valence-electron chi connectivity index (χ1n) is 6.38. The molecule has 7 heteroatoms. The van der Waals surface area contributed by atoms with Gasteiger partial charge in [0.2, 0.25) is 10.0 Å². The topological polar surface area (TPSA) is 74.7 Å². The largest absolute Gasteiger partial charge is 0.477 e. The number of hydrogen-bond acceptors (Lipinski definition) is 4. The van der Waals surface area contributed by atoms with Crippen LogP contribution in [0.3, 0.4) is 0 Å². The number of hydrogen-bond donors (Lipinski definition) is 1. The van der Waals surface area contributed by atoms with E-state index in [4.69, 9.17) is 5.11 Å². The van der Waals surface area contributed by atoms with Crippen molar-refractivity contribution in [1.82, 2.24) is 4.31 Å². The highest BCUT2D eigenvalue weighted by Gasteiger charge is 2.32. The first kappa shape index (κ1) is 14.2. The molecule has 0 amide bonds. The molecule has 0 radical (unpaired) electrons. The van der Waals surface area contributed by atoms with Crippen LogP contribution in [0.1, 0.15) is 20.8 Å². The van der Waals surface area contributed by atoms with E-state index < -0.39 is 16.0 Å². The van der Waals surface area contributed by atoms with Gasteiger partial charge in [-0.3, -0.25) is 0 Å². The van der Waals surface area contributed by atoms with Gasteiger partial charge in [-0.05, 0) is 29.0 Å². The molecule has 0 spiro atoms. The van der Waals surface area contributed by atoms with Gasteiger partial charge in [0.15, 0.2) is 0 Å². The van der Waals surface area contributed by atoms with Crippen LogP contribution in [0, 0.1) is 0 Å². The molecule has 0 atom stereocenters. The summed E-state index contributed by atoms with van der Waals surface area (Å²) < 4.78 is 26.7. The average molecular weight is 323 g/mol. The van der Waals surface area contributed by atoms with E-state index in [2.05, 4.69) is 0 Å². The maximum absolute atomic E-state index is 12.7. The number of fused-ring (bicyclic) bond motifs is 1. The minimum atomic E-state index is -3.77. The van der Waals surface area contributed by atoms with Gasteiger partial charge in [-0.25, -0.2) is 13.2 Å². The smallest absolute Gasteiger partial charge is 0.347 e. The highest BCUT2D eigenvalue weighted by molar-refractivity contribution is 7.89. The molecule has 110 valence electrons. The maximum atomic E-state index is 12.7. The number of nitrogens with zero attached hydrogens (tertiary/aromatic N) is 1. The van der Waals surface area contributed by atoms with E-state index in [0.717, 1.165) is 22.5 Å². The van der Waals surface area contributed by atoms with Crippen molar-refractivity contribution in [2.24, 2.45) is 0 Å². The average Bonchev–Trinajstić information content (AvgIpc) is 2.97. The lowest BCUT2D eigenvalue weighted by Crippen LogP contribution is -2.36. The number of thiophene rings is 1. The van der Waals surface area contributed by atoms with Gasteiger partial charge in [0.1, 0.15) is 9.77 Å². The summed E-state index contributed by atoms with van der Waals surface area (Å²) in [5, 5.41) is 10.6. The van der Waals surface area contributed by atoms with E-state index in [1.54, 1.807) is 0 Å². The Bertz CT molecular complexity index is 795. The third-order valence-electron chi connectivity index (χ3n) is 3.54. The summed E-state index contributed by atoms with van der Waals surface area (Å²) >= 11 is 0.929. The Hall–Kier alpha value is -1.70. The summed E-state index contributed by atoms with van der Waals surface area (Å²) in [5.74, 6) is -1.21. The molecule has 1 aliphatic rings. The summed E-state index contributed by atoms with van der Waals surface area (Å²) in [6.45, 7) is 0.654. The zero-order chi connectivity index (χ0) is 15.0. The third-order valence-corrected chi connectivity index (χ3v) is 6.46. The Morgan fingerprint density at radius 2 is 1.90 bits per heavy atom. The van der Waals surface area contributed by atoms with Gasteiger partial charge in [-0.15, -0.1) is 11.3 Å². The van der Waals surface area contributed by atoms with Crippen LogP contribution >= 0.6 is 11.3 Å². The van der Waals surface area contributed by atoms with Gasteiger partial charge >= 0.3 is 5.97 Å². The highest BCUT2D eigenvalue weighted by Crippen LogP contribution is 2.29. The fraction of sp³-hybridized carbons (Fsp3) is 0.214. The Balaban J connectivity index is 1.97. The number of sulfonamides is 1. The summed E-state index contributed by atoms with van der Waals surface area (Å²) in [6.07, 6.45) is 0.641. The molecule has 0 bridgehead atoms. The molecule has 2 aromatic rings. The van der Waals surface area contributed by atoms with E-state index in [-0.39, 0.29) is 16.3 Å². The predicted octanol–water partition coefficient (Wildman–Crippen LogP) is 2.19. The van der Waals surface area contributed by atoms with Crippen molar-refractivity contribution in [3.63, 3.8) is 0 Å². The SMILES string of the molecule is O=C(O)c1sccc1S(=O)(=O)N1CCc2ccccc2C1. The Labute approximate surface area is 126 Å². The van der Waals surface area contributed by atoms with Crippen molar-refractivity contribution in [3.05, 3.63) is 51.7 Å². The lowest BCUT2D eigenvalue weighted by molar-refractivity contribution is 0.0698. The van der Waals surface area contributed by atoms with E-state index in [9.17, 15) is 13.2 Å². The predicted molar refractivity (Wildman–Crippen MR) is 79.0 cm³/mol. The van der Waals surface area contributed by atoms with Crippen LogP contribution in [0.15, 0.2) is 40.6 Å². The summed E-state index contributed by atoms with van der Waals surface area (Å²) in [4.78, 5) is 10.9. The molecule has 0 unspecified atom stereocenters. The minimum Gasteiger partial charge on any atom is -0.477 e. The van der Waals surface area contributed by atoms with Gasteiger partial charge in [0.25, 0.3) is 0 Å². The number of carbonyl (C=O) groups is 1. The van der Waals surface area contributed by atoms with Crippen LogP contribution in [-0.2, 0) is 23.0 Å². The number of aromatic carboxylic acids is 1. The zero-order valence-corrected chi connectivity index (χ0v) is 12.7. The molecular formula is C14H13NO4S2. The second kappa shape index (κ2) is 5.25. The van der Waals surface area contributed by atoms with Crippen molar-refractivity contribution in [1.29, 1.82) is 0 Å². The van der Waals surface area contributed by atoms with Gasteiger partial charge in [0.05, 0.1) is 0 Å². The van der Waals surface area contributed by atoms with Crippen LogP contribution in [0.25, 0.3) is 0 Å². The van der Waals surface area contributed by atoms with Crippen LogP contribution < -0.4 is 0 Å². The molecule has 0 saturated carbocycles. The highest BCUT2D eigenvalue weighted by atomic mass is 32.2. The van der Waals surface area contributed by atoms with Crippen molar-refractivity contribution in [3.8, 4) is 0 Å². The molecule has 1 aromatic carbocycles. The van der Waals surface area contributed by atoms with Crippen LogP contribution in [0.2, 0.25) is 0 Å². The lowest BCUT2D eigenvalue weighted by atomic mass is 10.0. The molecule has 0 saturated heterocycles.